The van der Waals surface area contributed by atoms with E-state index >= 15 is 0 Å². The number of methoxy groups -OCH3 is 1. The topological polar surface area (TPSA) is 56.7 Å². The molecule has 0 unspecified atom stereocenters. The van der Waals surface area contributed by atoms with Crippen LogP contribution in [0.2, 0.25) is 0 Å². The molecule has 138 valence electrons. The molecule has 4 rings (SSSR count). The van der Waals surface area contributed by atoms with Crippen molar-refractivity contribution in [3.8, 4) is 5.75 Å². The number of nitrogens with zero attached hydrogens (tertiary/aromatic N) is 3. The number of aromatic nitrogens is 2. The van der Waals surface area contributed by atoms with Crippen LogP contribution in [0.4, 0.5) is 5.82 Å². The Hall–Kier alpha value is -2.18. The van der Waals surface area contributed by atoms with E-state index in [9.17, 15) is 0 Å². The van der Waals surface area contributed by atoms with Crippen molar-refractivity contribution in [2.75, 3.05) is 38.3 Å². The molecule has 1 fully saturated rings. The number of anilines is 1. The molecule has 1 aromatic carbocycles. The van der Waals surface area contributed by atoms with Gasteiger partial charge in [-0.3, -0.25) is 0 Å². The summed E-state index contributed by atoms with van der Waals surface area (Å²) >= 11 is 0. The number of aryl methyl sites for hydroxylation is 1. The van der Waals surface area contributed by atoms with Gasteiger partial charge in [-0.2, -0.15) is 0 Å². The highest BCUT2D eigenvalue weighted by atomic mass is 16.5. The van der Waals surface area contributed by atoms with Crippen molar-refractivity contribution in [3.63, 3.8) is 0 Å². The van der Waals surface area contributed by atoms with E-state index in [0.717, 1.165) is 49.0 Å². The number of benzene rings is 1. The number of rotatable bonds is 4. The minimum Gasteiger partial charge on any atom is -0.487 e. The van der Waals surface area contributed by atoms with Crippen molar-refractivity contribution in [3.05, 3.63) is 46.9 Å². The highest BCUT2D eigenvalue weighted by Gasteiger charge is 2.27. The molecule has 0 amide bonds. The molecule has 2 aliphatic rings. The van der Waals surface area contributed by atoms with E-state index in [1.54, 1.807) is 7.11 Å². The van der Waals surface area contributed by atoms with E-state index in [1.165, 1.54) is 11.1 Å². The molecule has 0 radical (unpaired) electrons. The summed E-state index contributed by atoms with van der Waals surface area (Å²) in [5, 5.41) is 0. The zero-order valence-electron chi connectivity index (χ0n) is 15.4. The van der Waals surface area contributed by atoms with Crippen LogP contribution < -0.4 is 9.64 Å². The first-order valence-electron chi connectivity index (χ1n) is 9.17. The summed E-state index contributed by atoms with van der Waals surface area (Å²) in [6.07, 6.45) is 1.86. The highest BCUT2D eigenvalue weighted by Crippen LogP contribution is 2.32. The molecule has 0 spiro atoms. The molecule has 26 heavy (non-hydrogen) atoms. The molecule has 0 aliphatic carbocycles. The largest absolute Gasteiger partial charge is 0.487 e. The minimum atomic E-state index is 0.170. The number of para-hydroxylation sites is 1. The van der Waals surface area contributed by atoms with E-state index in [2.05, 4.69) is 22.0 Å². The predicted octanol–water partition coefficient (Wildman–Crippen LogP) is 2.51. The first kappa shape index (κ1) is 17.2. The third-order valence-electron chi connectivity index (χ3n) is 4.97. The first-order chi connectivity index (χ1) is 12.7. The van der Waals surface area contributed by atoms with Gasteiger partial charge >= 0.3 is 0 Å². The Kier molecular flexibility index (Phi) is 5.04. The van der Waals surface area contributed by atoms with Crippen LogP contribution in [0, 0.1) is 6.92 Å². The van der Waals surface area contributed by atoms with Gasteiger partial charge < -0.3 is 19.1 Å². The summed E-state index contributed by atoms with van der Waals surface area (Å²) in [5.74, 6) is 2.75. The molecule has 0 N–H and O–H groups in total. The van der Waals surface area contributed by atoms with E-state index in [1.807, 2.05) is 19.1 Å². The lowest BCUT2D eigenvalue weighted by Gasteiger charge is -2.35. The Morgan fingerprint density at radius 2 is 2.15 bits per heavy atom. The predicted molar refractivity (Wildman–Crippen MR) is 98.8 cm³/mol. The zero-order valence-corrected chi connectivity index (χ0v) is 15.4. The standard InChI is InChI=1S/C20H25N3O3/c1-14-21-18-13-26-19-6-4-3-5-15(19)11-17(18)20(22-14)23-8-10-25-16(12-23)7-9-24-2/h3-6,16H,7-13H2,1-2H3/t16-/m0/s1. The molecule has 0 saturated carbocycles. The molecule has 6 nitrogen and oxygen atoms in total. The van der Waals surface area contributed by atoms with Crippen LogP contribution in [0.25, 0.3) is 0 Å². The van der Waals surface area contributed by atoms with Crippen molar-refractivity contribution < 1.29 is 14.2 Å². The number of hydrogen-bond acceptors (Lipinski definition) is 6. The van der Waals surface area contributed by atoms with Gasteiger partial charge in [0.15, 0.2) is 0 Å². The molecule has 2 aliphatic heterocycles. The maximum atomic E-state index is 6.00. The molecule has 1 saturated heterocycles. The Morgan fingerprint density at radius 3 is 3.04 bits per heavy atom. The van der Waals surface area contributed by atoms with Crippen LogP contribution in [-0.4, -0.2) is 49.5 Å². The summed E-state index contributed by atoms with van der Waals surface area (Å²) in [6.45, 7) is 5.52. The smallest absolute Gasteiger partial charge is 0.136 e. The number of fused-ring (bicyclic) bond motifs is 2. The van der Waals surface area contributed by atoms with Crippen molar-refractivity contribution in [2.24, 2.45) is 0 Å². The van der Waals surface area contributed by atoms with Crippen LogP contribution in [0.5, 0.6) is 5.75 Å². The van der Waals surface area contributed by atoms with E-state index in [0.29, 0.717) is 19.8 Å². The van der Waals surface area contributed by atoms with Crippen LogP contribution in [0.3, 0.4) is 0 Å². The van der Waals surface area contributed by atoms with Crippen molar-refractivity contribution in [2.45, 2.75) is 32.5 Å². The summed E-state index contributed by atoms with van der Waals surface area (Å²) in [4.78, 5) is 11.8. The average molecular weight is 355 g/mol. The number of ether oxygens (including phenoxy) is 3. The second-order valence-corrected chi connectivity index (χ2v) is 6.81. The Balaban J connectivity index is 1.66. The van der Waals surface area contributed by atoms with Crippen molar-refractivity contribution >= 4 is 5.82 Å². The molecule has 0 bridgehead atoms. The van der Waals surface area contributed by atoms with Gasteiger partial charge in [-0.15, -0.1) is 0 Å². The van der Waals surface area contributed by atoms with Gasteiger partial charge in [0, 0.05) is 38.8 Å². The van der Waals surface area contributed by atoms with Gasteiger partial charge in [0.25, 0.3) is 0 Å². The molecule has 3 heterocycles. The van der Waals surface area contributed by atoms with Crippen molar-refractivity contribution in [1.29, 1.82) is 0 Å². The molecule has 2 aromatic rings. The maximum Gasteiger partial charge on any atom is 0.136 e. The summed E-state index contributed by atoms with van der Waals surface area (Å²) in [7, 11) is 1.73. The second-order valence-electron chi connectivity index (χ2n) is 6.81. The van der Waals surface area contributed by atoms with Crippen LogP contribution in [-0.2, 0) is 22.5 Å². The maximum absolute atomic E-state index is 6.00. The van der Waals surface area contributed by atoms with E-state index in [4.69, 9.17) is 19.2 Å². The van der Waals surface area contributed by atoms with Gasteiger partial charge in [0.1, 0.15) is 24.0 Å². The Morgan fingerprint density at radius 1 is 1.27 bits per heavy atom. The van der Waals surface area contributed by atoms with Gasteiger partial charge in [-0.25, -0.2) is 9.97 Å². The van der Waals surface area contributed by atoms with E-state index < -0.39 is 0 Å². The molecular weight excluding hydrogens is 330 g/mol. The zero-order chi connectivity index (χ0) is 17.9. The fourth-order valence-electron chi connectivity index (χ4n) is 3.66. The molecule has 1 aromatic heterocycles. The summed E-state index contributed by atoms with van der Waals surface area (Å²) < 4.78 is 17.1. The van der Waals surface area contributed by atoms with Crippen LogP contribution in [0.1, 0.15) is 29.1 Å². The average Bonchev–Trinajstić information content (AvgIpc) is 2.85. The lowest BCUT2D eigenvalue weighted by Crippen LogP contribution is -2.44. The molecule has 6 heteroatoms. The lowest BCUT2D eigenvalue weighted by molar-refractivity contribution is 0.0188. The van der Waals surface area contributed by atoms with Gasteiger partial charge in [0.2, 0.25) is 0 Å². The molecule has 1 atom stereocenters. The van der Waals surface area contributed by atoms with Gasteiger partial charge in [-0.1, -0.05) is 18.2 Å². The highest BCUT2D eigenvalue weighted by molar-refractivity contribution is 5.54. The van der Waals surface area contributed by atoms with Crippen LogP contribution >= 0.6 is 0 Å². The van der Waals surface area contributed by atoms with Crippen LogP contribution in [0.15, 0.2) is 24.3 Å². The number of morpholine rings is 1. The van der Waals surface area contributed by atoms with E-state index in [-0.39, 0.29) is 6.10 Å². The van der Waals surface area contributed by atoms with Gasteiger partial charge in [-0.05, 0) is 25.0 Å². The fraction of sp³-hybridized carbons (Fsp3) is 0.500. The lowest BCUT2D eigenvalue weighted by atomic mass is 10.0. The third kappa shape index (κ3) is 3.52. The normalized spacial score (nSPS) is 19.3. The SMILES string of the molecule is COCC[C@H]1CN(c2nc(C)nc3c2Cc2ccccc2OC3)CCO1. The molecular formula is C20H25N3O3. The quantitative estimate of drug-likeness (QED) is 0.840. The fourth-order valence-corrected chi connectivity index (χ4v) is 3.66. The monoisotopic (exact) mass is 355 g/mol. The first-order valence-corrected chi connectivity index (χ1v) is 9.17. The van der Waals surface area contributed by atoms with Crippen molar-refractivity contribution in [1.82, 2.24) is 9.97 Å². The minimum absolute atomic E-state index is 0.170. The summed E-state index contributed by atoms with van der Waals surface area (Å²) in [6, 6.07) is 8.21. The third-order valence-corrected chi connectivity index (χ3v) is 4.97. The summed E-state index contributed by atoms with van der Waals surface area (Å²) in [5.41, 5.74) is 3.35. The number of hydrogen-bond donors (Lipinski definition) is 0. The Labute approximate surface area is 154 Å². The Bertz CT molecular complexity index is 781. The second kappa shape index (κ2) is 7.60. The van der Waals surface area contributed by atoms with Gasteiger partial charge in [0.05, 0.1) is 18.4 Å².